The molecule has 126 valence electrons. The molecule has 4 nitrogen and oxygen atoms in total. The van der Waals surface area contributed by atoms with Crippen LogP contribution in [0.3, 0.4) is 0 Å². The first-order valence-corrected chi connectivity index (χ1v) is 7.88. The molecule has 1 aliphatic carbocycles. The van der Waals surface area contributed by atoms with Crippen LogP contribution >= 0.6 is 0 Å². The Hall–Kier alpha value is -3.02. The molecule has 1 N–H and O–H groups in total. The third kappa shape index (κ3) is 2.80. The molecule has 1 aliphatic rings. The maximum Gasteiger partial charge on any atom is 0.236 e. The fourth-order valence-corrected chi connectivity index (χ4v) is 2.80. The van der Waals surface area contributed by atoms with Crippen LogP contribution in [0.15, 0.2) is 59.1 Å². The lowest BCUT2D eigenvalue weighted by Gasteiger charge is -2.13. The molecule has 25 heavy (non-hydrogen) atoms. The monoisotopic (exact) mass is 340 g/mol. The summed E-state index contributed by atoms with van der Waals surface area (Å²) in [7, 11) is 0. The Morgan fingerprint density at radius 1 is 1.08 bits per heavy atom. The van der Waals surface area contributed by atoms with Gasteiger partial charge in [-0.2, -0.15) is 0 Å². The lowest BCUT2D eigenvalue weighted by Crippen LogP contribution is -2.28. The molecule has 0 unspecified atom stereocenters. The molecule has 1 saturated carbocycles. The van der Waals surface area contributed by atoms with Gasteiger partial charge in [-0.3, -0.25) is 4.79 Å². The van der Waals surface area contributed by atoms with Gasteiger partial charge in [-0.05, 0) is 25.0 Å². The molecule has 0 atom stereocenters. The first-order valence-electron chi connectivity index (χ1n) is 7.88. The van der Waals surface area contributed by atoms with Crippen molar-refractivity contribution in [2.24, 2.45) is 0 Å². The summed E-state index contributed by atoms with van der Waals surface area (Å²) in [6.07, 6.45) is 1.16. The summed E-state index contributed by atoms with van der Waals surface area (Å²) in [5.41, 5.74) is 0.326. The van der Waals surface area contributed by atoms with Crippen molar-refractivity contribution in [3.63, 3.8) is 0 Å². The van der Waals surface area contributed by atoms with Crippen LogP contribution in [0.4, 0.5) is 14.5 Å². The molecule has 1 amide bonds. The van der Waals surface area contributed by atoms with Crippen LogP contribution in [0.2, 0.25) is 0 Å². The molecule has 0 aliphatic heterocycles. The number of nitrogens with one attached hydrogen (secondary N) is 1. The van der Waals surface area contributed by atoms with Crippen LogP contribution < -0.4 is 5.32 Å². The van der Waals surface area contributed by atoms with E-state index in [4.69, 9.17) is 4.52 Å². The van der Waals surface area contributed by atoms with Crippen LogP contribution in [-0.4, -0.2) is 11.1 Å². The predicted molar refractivity (Wildman–Crippen MR) is 87.8 cm³/mol. The summed E-state index contributed by atoms with van der Waals surface area (Å²) in [5.74, 6) is -1.15. The third-order valence-corrected chi connectivity index (χ3v) is 4.42. The van der Waals surface area contributed by atoms with E-state index in [-0.39, 0.29) is 5.69 Å². The van der Waals surface area contributed by atoms with E-state index in [1.54, 1.807) is 6.07 Å². The van der Waals surface area contributed by atoms with Crippen molar-refractivity contribution in [3.8, 4) is 11.3 Å². The summed E-state index contributed by atoms with van der Waals surface area (Å²) in [6.45, 7) is 0. The van der Waals surface area contributed by atoms with Gasteiger partial charge in [0, 0.05) is 17.7 Å². The highest BCUT2D eigenvalue weighted by molar-refractivity contribution is 6.01. The second-order valence-corrected chi connectivity index (χ2v) is 6.10. The summed E-state index contributed by atoms with van der Waals surface area (Å²) in [6, 6.07) is 14.1. The van der Waals surface area contributed by atoms with Gasteiger partial charge in [0.15, 0.2) is 5.76 Å². The minimum atomic E-state index is -0.852. The van der Waals surface area contributed by atoms with E-state index >= 15 is 0 Å². The zero-order valence-electron chi connectivity index (χ0n) is 13.1. The SMILES string of the molecule is O=C(Nc1cc(F)ccc1F)C1(c2cc(-c3ccccc3)on2)CC1. The lowest BCUT2D eigenvalue weighted by molar-refractivity contribution is -0.118. The third-order valence-electron chi connectivity index (χ3n) is 4.42. The van der Waals surface area contributed by atoms with Crippen molar-refractivity contribution in [1.29, 1.82) is 0 Å². The average molecular weight is 340 g/mol. The van der Waals surface area contributed by atoms with Crippen molar-refractivity contribution >= 4 is 11.6 Å². The van der Waals surface area contributed by atoms with Crippen molar-refractivity contribution in [2.45, 2.75) is 18.3 Å². The van der Waals surface area contributed by atoms with Crippen molar-refractivity contribution < 1.29 is 18.1 Å². The summed E-state index contributed by atoms with van der Waals surface area (Å²) < 4.78 is 32.4. The second kappa shape index (κ2) is 5.81. The Labute approximate surface area is 142 Å². The van der Waals surface area contributed by atoms with Crippen molar-refractivity contribution in [3.05, 3.63) is 71.9 Å². The highest BCUT2D eigenvalue weighted by atomic mass is 19.1. The van der Waals surface area contributed by atoms with Crippen LogP contribution in [0.5, 0.6) is 0 Å². The number of anilines is 1. The predicted octanol–water partition coefficient (Wildman–Crippen LogP) is 4.29. The highest BCUT2D eigenvalue weighted by Gasteiger charge is 2.54. The van der Waals surface area contributed by atoms with Crippen LogP contribution in [0.1, 0.15) is 18.5 Å². The number of aromatic nitrogens is 1. The number of halogens is 2. The van der Waals surface area contributed by atoms with E-state index in [9.17, 15) is 13.6 Å². The average Bonchev–Trinajstić information content (AvgIpc) is 3.29. The molecule has 0 spiro atoms. The summed E-state index contributed by atoms with van der Waals surface area (Å²) in [4.78, 5) is 12.6. The molecule has 1 fully saturated rings. The number of amides is 1. The van der Waals surface area contributed by atoms with Gasteiger partial charge in [-0.25, -0.2) is 8.78 Å². The minimum Gasteiger partial charge on any atom is -0.356 e. The smallest absolute Gasteiger partial charge is 0.236 e. The first-order chi connectivity index (χ1) is 12.1. The van der Waals surface area contributed by atoms with Gasteiger partial charge in [0.05, 0.1) is 16.8 Å². The molecule has 1 aromatic heterocycles. The molecule has 1 heterocycles. The fraction of sp³-hybridized carbons (Fsp3) is 0.158. The van der Waals surface area contributed by atoms with Gasteiger partial charge in [0.25, 0.3) is 0 Å². The molecule has 0 radical (unpaired) electrons. The van der Waals surface area contributed by atoms with Gasteiger partial charge >= 0.3 is 0 Å². The molecule has 0 saturated heterocycles. The lowest BCUT2D eigenvalue weighted by atomic mass is 10.00. The second-order valence-electron chi connectivity index (χ2n) is 6.10. The number of benzene rings is 2. The first kappa shape index (κ1) is 15.5. The van der Waals surface area contributed by atoms with E-state index in [0.717, 1.165) is 23.8 Å². The summed E-state index contributed by atoms with van der Waals surface area (Å²) >= 11 is 0. The maximum absolute atomic E-state index is 13.8. The van der Waals surface area contributed by atoms with Crippen LogP contribution in [-0.2, 0) is 10.2 Å². The van der Waals surface area contributed by atoms with E-state index in [2.05, 4.69) is 10.5 Å². The topological polar surface area (TPSA) is 55.1 Å². The molecule has 0 bridgehead atoms. The Bertz CT molecular complexity index is 934. The van der Waals surface area contributed by atoms with Gasteiger partial charge in [0.2, 0.25) is 5.91 Å². The number of carbonyl (C=O) groups excluding carboxylic acids is 1. The van der Waals surface area contributed by atoms with E-state index in [1.165, 1.54) is 0 Å². The van der Waals surface area contributed by atoms with Crippen molar-refractivity contribution in [1.82, 2.24) is 5.16 Å². The van der Waals surface area contributed by atoms with E-state index in [0.29, 0.717) is 24.3 Å². The van der Waals surface area contributed by atoms with Gasteiger partial charge in [0.1, 0.15) is 11.6 Å². The number of hydrogen-bond acceptors (Lipinski definition) is 3. The van der Waals surface area contributed by atoms with Crippen LogP contribution in [0.25, 0.3) is 11.3 Å². The molecule has 6 heteroatoms. The largest absolute Gasteiger partial charge is 0.356 e. The number of carbonyl (C=O) groups is 1. The normalized spacial score (nSPS) is 15.0. The van der Waals surface area contributed by atoms with Crippen molar-refractivity contribution in [2.75, 3.05) is 5.32 Å². The Kier molecular flexibility index (Phi) is 3.60. The van der Waals surface area contributed by atoms with Crippen LogP contribution in [0, 0.1) is 11.6 Å². The van der Waals surface area contributed by atoms with Gasteiger partial charge in [-0.1, -0.05) is 35.5 Å². The maximum atomic E-state index is 13.8. The molecular weight excluding hydrogens is 326 g/mol. The highest BCUT2D eigenvalue weighted by Crippen LogP contribution is 2.49. The Morgan fingerprint density at radius 2 is 1.84 bits per heavy atom. The van der Waals surface area contributed by atoms with E-state index < -0.39 is 23.0 Å². The quantitative estimate of drug-likeness (QED) is 0.771. The molecule has 2 aromatic carbocycles. The Balaban J connectivity index is 1.59. The molecular formula is C19H14F2N2O2. The number of rotatable bonds is 4. The zero-order valence-corrected chi connectivity index (χ0v) is 13.1. The number of nitrogens with zero attached hydrogens (tertiary/aromatic N) is 1. The van der Waals surface area contributed by atoms with Gasteiger partial charge < -0.3 is 9.84 Å². The minimum absolute atomic E-state index is 0.178. The zero-order chi connectivity index (χ0) is 17.4. The number of hydrogen-bond donors (Lipinski definition) is 1. The summed E-state index contributed by atoms with van der Waals surface area (Å²) in [5, 5.41) is 6.49. The standard InChI is InChI=1S/C19H14F2N2O2/c20-13-6-7-14(21)15(10-13)22-18(24)19(8-9-19)17-11-16(25-23-17)12-4-2-1-3-5-12/h1-7,10-11H,8-9H2,(H,22,24). The Morgan fingerprint density at radius 3 is 2.56 bits per heavy atom. The molecule has 4 rings (SSSR count). The molecule has 3 aromatic rings. The van der Waals surface area contributed by atoms with E-state index in [1.807, 2.05) is 30.3 Å². The fourth-order valence-electron chi connectivity index (χ4n) is 2.80. The van der Waals surface area contributed by atoms with Gasteiger partial charge in [-0.15, -0.1) is 0 Å².